The molecule has 1 saturated heterocycles. The van der Waals surface area contributed by atoms with Gasteiger partial charge in [0, 0.05) is 30.9 Å². The van der Waals surface area contributed by atoms with Crippen LogP contribution in [0.15, 0.2) is 24.4 Å². The predicted octanol–water partition coefficient (Wildman–Crippen LogP) is 1.28. The van der Waals surface area contributed by atoms with Gasteiger partial charge >= 0.3 is 0 Å². The van der Waals surface area contributed by atoms with Crippen LogP contribution in [0.1, 0.15) is 37.8 Å². The zero-order chi connectivity index (χ0) is 14.7. The summed E-state index contributed by atoms with van der Waals surface area (Å²) in [6.45, 7) is 0.666. The third kappa shape index (κ3) is 3.13. The predicted molar refractivity (Wildman–Crippen MR) is 78.5 cm³/mol. The quantitative estimate of drug-likeness (QED) is 0.829. The number of rotatable bonds is 5. The average molecular weight is 287 g/mol. The molecule has 1 unspecified atom stereocenters. The van der Waals surface area contributed by atoms with Gasteiger partial charge in [-0.1, -0.05) is 18.9 Å². The molecule has 1 atom stereocenters. The number of carbonyl (C=O) groups excluding carboxylic acids is 2. The van der Waals surface area contributed by atoms with E-state index in [9.17, 15) is 9.59 Å². The third-order valence-corrected chi connectivity index (χ3v) is 4.37. The summed E-state index contributed by atoms with van der Waals surface area (Å²) in [5, 5.41) is 3.21. The highest BCUT2D eigenvalue weighted by atomic mass is 16.2. The number of nitrogens with zero attached hydrogens (tertiary/aromatic N) is 2. The summed E-state index contributed by atoms with van der Waals surface area (Å²) in [5.74, 6) is -0.0462. The summed E-state index contributed by atoms with van der Waals surface area (Å²) < 4.78 is 0. The number of carbonyl (C=O) groups is 2. The molecule has 1 saturated carbocycles. The summed E-state index contributed by atoms with van der Waals surface area (Å²) in [7, 11) is 0. The molecule has 0 aromatic carbocycles. The molecular weight excluding hydrogens is 266 g/mol. The lowest BCUT2D eigenvalue weighted by atomic mass is 10.2. The second-order valence-electron chi connectivity index (χ2n) is 5.82. The van der Waals surface area contributed by atoms with Crippen molar-refractivity contribution < 1.29 is 9.59 Å². The van der Waals surface area contributed by atoms with E-state index in [0.29, 0.717) is 13.0 Å². The molecule has 1 aliphatic carbocycles. The molecule has 1 N–H and O–H groups in total. The van der Waals surface area contributed by atoms with Gasteiger partial charge in [0.15, 0.2) is 0 Å². The minimum Gasteiger partial charge on any atom is -0.305 e. The summed E-state index contributed by atoms with van der Waals surface area (Å²) in [6.07, 6.45) is 7.02. The maximum Gasteiger partial charge on any atom is 0.247 e. The van der Waals surface area contributed by atoms with E-state index in [1.807, 2.05) is 18.2 Å². The maximum absolute atomic E-state index is 12.4. The second kappa shape index (κ2) is 6.35. The van der Waals surface area contributed by atoms with Crippen LogP contribution in [0.5, 0.6) is 0 Å². The topological polar surface area (TPSA) is 62.3 Å². The fourth-order valence-corrected chi connectivity index (χ4v) is 3.28. The lowest BCUT2D eigenvalue weighted by molar-refractivity contribution is -0.141. The van der Waals surface area contributed by atoms with E-state index in [-0.39, 0.29) is 23.9 Å². The van der Waals surface area contributed by atoms with Gasteiger partial charge in [-0.25, -0.2) is 0 Å². The summed E-state index contributed by atoms with van der Waals surface area (Å²) in [5.41, 5.74) is 0.995. The van der Waals surface area contributed by atoms with Crippen LogP contribution in [0.2, 0.25) is 0 Å². The van der Waals surface area contributed by atoms with Crippen molar-refractivity contribution in [1.82, 2.24) is 15.2 Å². The van der Waals surface area contributed by atoms with Crippen LogP contribution in [0.4, 0.5) is 0 Å². The average Bonchev–Trinajstić information content (AvgIpc) is 3.09. The highest BCUT2D eigenvalue weighted by Crippen LogP contribution is 2.28. The molecule has 2 aliphatic rings. The lowest BCUT2D eigenvalue weighted by Gasteiger charge is -2.22. The number of imide groups is 1. The maximum atomic E-state index is 12.4. The van der Waals surface area contributed by atoms with Gasteiger partial charge in [0.25, 0.3) is 0 Å². The van der Waals surface area contributed by atoms with Gasteiger partial charge in [-0.3, -0.25) is 19.5 Å². The van der Waals surface area contributed by atoms with Crippen LogP contribution in [0.3, 0.4) is 0 Å². The Bertz CT molecular complexity index is 512. The molecule has 2 fully saturated rings. The van der Waals surface area contributed by atoms with Crippen molar-refractivity contribution in [2.45, 2.75) is 50.6 Å². The smallest absolute Gasteiger partial charge is 0.247 e. The van der Waals surface area contributed by atoms with Crippen molar-refractivity contribution in [1.29, 1.82) is 0 Å². The monoisotopic (exact) mass is 287 g/mol. The number of amides is 2. The van der Waals surface area contributed by atoms with E-state index in [0.717, 1.165) is 37.8 Å². The van der Waals surface area contributed by atoms with Crippen molar-refractivity contribution in [3.8, 4) is 0 Å². The Kier molecular flexibility index (Phi) is 4.29. The van der Waals surface area contributed by atoms with Crippen molar-refractivity contribution in [3.63, 3.8) is 0 Å². The first-order chi connectivity index (χ1) is 10.3. The van der Waals surface area contributed by atoms with E-state index in [2.05, 4.69) is 10.3 Å². The minimum atomic E-state index is -0.346. The van der Waals surface area contributed by atoms with Crippen molar-refractivity contribution >= 4 is 11.8 Å². The molecule has 0 spiro atoms. The number of hydrogen-bond acceptors (Lipinski definition) is 4. The van der Waals surface area contributed by atoms with E-state index in [4.69, 9.17) is 0 Å². The number of likely N-dealkylation sites (tertiary alicyclic amines) is 1. The van der Waals surface area contributed by atoms with Gasteiger partial charge in [0.1, 0.15) is 0 Å². The Hall–Kier alpha value is -1.75. The fraction of sp³-hybridized carbons (Fsp3) is 0.562. The highest BCUT2D eigenvalue weighted by molar-refractivity contribution is 6.05. The number of nitrogens with one attached hydrogen (secondary N) is 1. The minimum absolute atomic E-state index is 0.0118. The third-order valence-electron chi connectivity index (χ3n) is 4.37. The molecule has 0 bridgehead atoms. The van der Waals surface area contributed by atoms with Crippen molar-refractivity contribution in [3.05, 3.63) is 30.1 Å². The van der Waals surface area contributed by atoms with Gasteiger partial charge in [-0.05, 0) is 25.0 Å². The Labute approximate surface area is 124 Å². The van der Waals surface area contributed by atoms with Crippen LogP contribution in [-0.4, -0.2) is 40.3 Å². The zero-order valence-electron chi connectivity index (χ0n) is 12.1. The second-order valence-corrected chi connectivity index (χ2v) is 5.82. The first kappa shape index (κ1) is 14.2. The van der Waals surface area contributed by atoms with Gasteiger partial charge in [-0.2, -0.15) is 0 Å². The Morgan fingerprint density at radius 1 is 1.24 bits per heavy atom. The summed E-state index contributed by atoms with van der Waals surface area (Å²) in [6, 6.07) is 5.60. The molecule has 2 amide bonds. The van der Waals surface area contributed by atoms with E-state index in [1.54, 1.807) is 6.20 Å². The molecule has 5 nitrogen and oxygen atoms in total. The zero-order valence-corrected chi connectivity index (χ0v) is 12.1. The van der Waals surface area contributed by atoms with Gasteiger partial charge in [-0.15, -0.1) is 0 Å². The highest BCUT2D eigenvalue weighted by Gasteiger charge is 2.42. The lowest BCUT2D eigenvalue weighted by Crippen LogP contribution is -2.43. The number of pyridine rings is 1. The van der Waals surface area contributed by atoms with E-state index < -0.39 is 0 Å². The molecule has 21 heavy (non-hydrogen) atoms. The van der Waals surface area contributed by atoms with Crippen LogP contribution in [0.25, 0.3) is 0 Å². The molecule has 1 aromatic rings. The standard InChI is InChI=1S/C16H21N3O2/c20-15-11-14(16(21)19(15)13-6-1-2-7-13)18-10-8-12-5-3-4-9-17-12/h3-5,9,13-14,18H,1-2,6-8,10-11H2. The SMILES string of the molecule is O=C1CC(NCCc2ccccn2)C(=O)N1C1CCCC1. The van der Waals surface area contributed by atoms with Gasteiger partial charge in [0.05, 0.1) is 12.5 Å². The fourth-order valence-electron chi connectivity index (χ4n) is 3.28. The van der Waals surface area contributed by atoms with Crippen LogP contribution >= 0.6 is 0 Å². The first-order valence-corrected chi connectivity index (χ1v) is 7.75. The van der Waals surface area contributed by atoms with Gasteiger partial charge < -0.3 is 5.32 Å². The van der Waals surface area contributed by atoms with Gasteiger partial charge in [0.2, 0.25) is 11.8 Å². The van der Waals surface area contributed by atoms with E-state index in [1.165, 1.54) is 4.90 Å². The van der Waals surface area contributed by atoms with E-state index >= 15 is 0 Å². The molecular formula is C16H21N3O2. The van der Waals surface area contributed by atoms with Crippen LogP contribution in [0, 0.1) is 0 Å². The molecule has 2 heterocycles. The first-order valence-electron chi connectivity index (χ1n) is 7.75. The molecule has 0 radical (unpaired) electrons. The normalized spacial score (nSPS) is 23.2. The Balaban J connectivity index is 1.52. The Morgan fingerprint density at radius 3 is 2.76 bits per heavy atom. The molecule has 112 valence electrons. The molecule has 5 heteroatoms. The molecule has 1 aliphatic heterocycles. The Morgan fingerprint density at radius 2 is 2.05 bits per heavy atom. The molecule has 3 rings (SSSR count). The number of hydrogen-bond donors (Lipinski definition) is 1. The largest absolute Gasteiger partial charge is 0.305 e. The summed E-state index contributed by atoms with van der Waals surface area (Å²) >= 11 is 0. The van der Waals surface area contributed by atoms with Crippen molar-refractivity contribution in [2.24, 2.45) is 0 Å². The number of aromatic nitrogens is 1. The van der Waals surface area contributed by atoms with Crippen LogP contribution in [-0.2, 0) is 16.0 Å². The van der Waals surface area contributed by atoms with Crippen LogP contribution < -0.4 is 5.32 Å². The van der Waals surface area contributed by atoms with Crippen molar-refractivity contribution in [2.75, 3.05) is 6.54 Å². The summed E-state index contributed by atoms with van der Waals surface area (Å²) in [4.78, 5) is 30.2. The molecule has 1 aromatic heterocycles.